The van der Waals surface area contributed by atoms with Crippen LogP contribution in [0.1, 0.15) is 43.4 Å². The monoisotopic (exact) mass is 326 g/mol. The van der Waals surface area contributed by atoms with Gasteiger partial charge >= 0.3 is 6.03 Å². The van der Waals surface area contributed by atoms with Crippen molar-refractivity contribution >= 4 is 11.7 Å². The van der Waals surface area contributed by atoms with Crippen molar-refractivity contribution in [3.8, 4) is 5.75 Å². The molecule has 0 aliphatic carbocycles. The Hall–Kier alpha value is -2.49. The maximum Gasteiger partial charge on any atom is 0.322 e. The Labute approximate surface area is 144 Å². The van der Waals surface area contributed by atoms with Crippen molar-refractivity contribution in [2.75, 3.05) is 5.32 Å². The smallest absolute Gasteiger partial charge is 0.322 e. The summed E-state index contributed by atoms with van der Waals surface area (Å²) < 4.78 is 5.89. The first-order chi connectivity index (χ1) is 11.4. The van der Waals surface area contributed by atoms with Gasteiger partial charge < -0.3 is 15.4 Å². The molecule has 0 fully saturated rings. The third-order valence-electron chi connectivity index (χ3n) is 3.81. The lowest BCUT2D eigenvalue weighted by molar-refractivity contribution is 0.181. The van der Waals surface area contributed by atoms with Gasteiger partial charge in [-0.2, -0.15) is 0 Å². The fourth-order valence-corrected chi connectivity index (χ4v) is 2.58. The van der Waals surface area contributed by atoms with E-state index >= 15 is 0 Å². The number of ether oxygens (including phenoxy) is 1. The van der Waals surface area contributed by atoms with Crippen molar-refractivity contribution in [2.24, 2.45) is 0 Å². The van der Waals surface area contributed by atoms with E-state index in [2.05, 4.69) is 24.5 Å². The van der Waals surface area contributed by atoms with Crippen molar-refractivity contribution in [2.45, 2.75) is 46.8 Å². The topological polar surface area (TPSA) is 50.4 Å². The minimum atomic E-state index is -0.435. The molecule has 2 aromatic rings. The van der Waals surface area contributed by atoms with Crippen LogP contribution in [-0.4, -0.2) is 12.3 Å². The fraction of sp³-hybridized carbons (Fsp3) is 0.350. The van der Waals surface area contributed by atoms with E-state index in [0.29, 0.717) is 5.92 Å². The van der Waals surface area contributed by atoms with Gasteiger partial charge in [-0.15, -0.1) is 0 Å². The Morgan fingerprint density at radius 3 is 2.42 bits per heavy atom. The van der Waals surface area contributed by atoms with Crippen LogP contribution in [0.3, 0.4) is 0 Å². The molecule has 1 unspecified atom stereocenters. The maximum atomic E-state index is 12.2. The molecule has 2 amide bonds. The quantitative estimate of drug-likeness (QED) is 0.762. The molecule has 0 saturated carbocycles. The summed E-state index contributed by atoms with van der Waals surface area (Å²) >= 11 is 0. The number of rotatable bonds is 5. The highest BCUT2D eigenvalue weighted by Gasteiger charge is 2.13. The summed E-state index contributed by atoms with van der Waals surface area (Å²) in [5.41, 5.74) is 4.12. The highest BCUT2D eigenvalue weighted by Crippen LogP contribution is 2.26. The minimum absolute atomic E-state index is 0.281. The zero-order chi connectivity index (χ0) is 17.7. The molecule has 0 heterocycles. The molecule has 128 valence electrons. The number of amides is 2. The maximum absolute atomic E-state index is 12.2. The summed E-state index contributed by atoms with van der Waals surface area (Å²) in [5.74, 6) is 1.16. The highest BCUT2D eigenvalue weighted by molar-refractivity contribution is 5.90. The van der Waals surface area contributed by atoms with Crippen molar-refractivity contribution in [1.29, 1.82) is 0 Å². The molecule has 4 heteroatoms. The summed E-state index contributed by atoms with van der Waals surface area (Å²) in [5, 5.41) is 5.67. The molecule has 2 aromatic carbocycles. The first-order valence-corrected chi connectivity index (χ1v) is 8.27. The van der Waals surface area contributed by atoms with Gasteiger partial charge in [-0.1, -0.05) is 49.7 Å². The Morgan fingerprint density at radius 1 is 1.04 bits per heavy atom. The molecule has 1 atom stereocenters. The van der Waals surface area contributed by atoms with E-state index < -0.39 is 6.23 Å². The van der Waals surface area contributed by atoms with Gasteiger partial charge in [-0.3, -0.25) is 0 Å². The van der Waals surface area contributed by atoms with Crippen LogP contribution in [0.25, 0.3) is 0 Å². The van der Waals surface area contributed by atoms with E-state index in [0.717, 1.165) is 22.6 Å². The van der Waals surface area contributed by atoms with Crippen molar-refractivity contribution in [1.82, 2.24) is 5.32 Å². The summed E-state index contributed by atoms with van der Waals surface area (Å²) in [6, 6.07) is 13.5. The molecule has 0 aliphatic heterocycles. The molecule has 2 N–H and O–H groups in total. The molecular weight excluding hydrogens is 300 g/mol. The first kappa shape index (κ1) is 17.9. The predicted molar refractivity (Wildman–Crippen MR) is 98.7 cm³/mol. The molecule has 0 saturated heterocycles. The van der Waals surface area contributed by atoms with Crippen molar-refractivity contribution in [3.05, 3.63) is 59.2 Å². The lowest BCUT2D eigenvalue weighted by Gasteiger charge is -2.20. The Morgan fingerprint density at radius 2 is 1.75 bits per heavy atom. The normalized spacial score (nSPS) is 11.9. The first-order valence-electron chi connectivity index (χ1n) is 8.27. The fourth-order valence-electron chi connectivity index (χ4n) is 2.58. The van der Waals surface area contributed by atoms with Gasteiger partial charge in [-0.05, 0) is 49.9 Å². The average Bonchev–Trinajstić information content (AvgIpc) is 2.50. The van der Waals surface area contributed by atoms with E-state index in [1.807, 2.05) is 63.2 Å². The number of nitrogens with one attached hydrogen (secondary N) is 2. The molecular formula is C20H26N2O2. The van der Waals surface area contributed by atoms with Gasteiger partial charge in [0.1, 0.15) is 5.75 Å². The molecule has 0 radical (unpaired) electrons. The van der Waals surface area contributed by atoms with Gasteiger partial charge in [0, 0.05) is 5.69 Å². The number of anilines is 1. The second-order valence-electron chi connectivity index (χ2n) is 6.37. The molecule has 0 bridgehead atoms. The SMILES string of the molecule is Cc1ccc(NC(=O)NC(C)Oc2ccccc2C(C)C)c(C)c1. The summed E-state index contributed by atoms with van der Waals surface area (Å²) in [7, 11) is 0. The van der Waals surface area contributed by atoms with Crippen molar-refractivity contribution < 1.29 is 9.53 Å². The molecule has 0 aromatic heterocycles. The molecule has 2 rings (SSSR count). The number of benzene rings is 2. The number of urea groups is 1. The van der Waals surface area contributed by atoms with Gasteiger partial charge in [0.05, 0.1) is 0 Å². The number of carbonyl (C=O) groups is 1. The van der Waals surface area contributed by atoms with Gasteiger partial charge in [0.25, 0.3) is 0 Å². The van der Waals surface area contributed by atoms with Crippen LogP contribution in [0.5, 0.6) is 5.75 Å². The van der Waals surface area contributed by atoms with Crippen molar-refractivity contribution in [3.63, 3.8) is 0 Å². The number of para-hydroxylation sites is 1. The van der Waals surface area contributed by atoms with Gasteiger partial charge in [0.15, 0.2) is 6.23 Å². The number of hydrogen-bond acceptors (Lipinski definition) is 2. The minimum Gasteiger partial charge on any atom is -0.471 e. The van der Waals surface area contributed by atoms with Crippen LogP contribution >= 0.6 is 0 Å². The Kier molecular flexibility index (Phi) is 5.85. The zero-order valence-corrected chi connectivity index (χ0v) is 15.0. The van der Waals surface area contributed by atoms with E-state index in [1.165, 1.54) is 5.56 Å². The van der Waals surface area contributed by atoms with E-state index in [1.54, 1.807) is 0 Å². The van der Waals surface area contributed by atoms with Crippen LogP contribution in [-0.2, 0) is 0 Å². The zero-order valence-electron chi connectivity index (χ0n) is 15.0. The van der Waals surface area contributed by atoms with Gasteiger partial charge in [0.2, 0.25) is 0 Å². The standard InChI is InChI=1S/C20H26N2O2/c1-13(2)17-8-6-7-9-19(17)24-16(5)21-20(23)22-18-11-10-14(3)12-15(18)4/h6-13,16H,1-5H3,(H2,21,22,23). The third kappa shape index (κ3) is 4.75. The molecule has 0 aliphatic rings. The van der Waals surface area contributed by atoms with E-state index in [9.17, 15) is 4.79 Å². The highest BCUT2D eigenvalue weighted by atomic mass is 16.5. The average molecular weight is 326 g/mol. The van der Waals surface area contributed by atoms with Crippen LogP contribution in [0.2, 0.25) is 0 Å². The predicted octanol–water partition coefficient (Wildman–Crippen LogP) is 4.97. The second kappa shape index (κ2) is 7.86. The van der Waals surface area contributed by atoms with E-state index in [4.69, 9.17) is 4.74 Å². The summed E-state index contributed by atoms with van der Waals surface area (Å²) in [6.07, 6.45) is -0.435. The van der Waals surface area contributed by atoms with E-state index in [-0.39, 0.29) is 6.03 Å². The largest absolute Gasteiger partial charge is 0.471 e. The van der Waals surface area contributed by atoms with Gasteiger partial charge in [-0.25, -0.2) is 4.79 Å². The number of carbonyl (C=O) groups excluding carboxylic acids is 1. The molecule has 4 nitrogen and oxygen atoms in total. The third-order valence-corrected chi connectivity index (χ3v) is 3.81. The van der Waals surface area contributed by atoms with Crippen LogP contribution in [0.15, 0.2) is 42.5 Å². The lowest BCUT2D eigenvalue weighted by Crippen LogP contribution is -2.39. The Balaban J connectivity index is 1.97. The second-order valence-corrected chi connectivity index (χ2v) is 6.37. The van der Waals surface area contributed by atoms with Crippen LogP contribution in [0.4, 0.5) is 10.5 Å². The summed E-state index contributed by atoms with van der Waals surface area (Å²) in [4.78, 5) is 12.2. The lowest BCUT2D eigenvalue weighted by atomic mass is 10.0. The molecule has 0 spiro atoms. The number of hydrogen-bond donors (Lipinski definition) is 2. The van der Waals surface area contributed by atoms with Crippen LogP contribution < -0.4 is 15.4 Å². The Bertz CT molecular complexity index is 711. The van der Waals surface area contributed by atoms with Crippen LogP contribution in [0, 0.1) is 13.8 Å². The molecule has 24 heavy (non-hydrogen) atoms. The number of aryl methyl sites for hydroxylation is 2. The summed E-state index contributed by atoms with van der Waals surface area (Å²) in [6.45, 7) is 10.1.